The normalized spacial score (nSPS) is 27.5. The van der Waals surface area contributed by atoms with Crippen LogP contribution in [0.2, 0.25) is 10.0 Å². The summed E-state index contributed by atoms with van der Waals surface area (Å²) in [5.74, 6) is 0.327. The predicted octanol–water partition coefficient (Wildman–Crippen LogP) is 4.66. The Morgan fingerprint density at radius 3 is 2.52 bits per heavy atom. The van der Waals surface area contributed by atoms with Crippen LogP contribution in [-0.4, -0.2) is 9.36 Å². The van der Waals surface area contributed by atoms with Crippen molar-refractivity contribution >= 4 is 23.2 Å². The second kappa shape index (κ2) is 4.46. The molecule has 1 fully saturated rings. The number of hydrogen-bond acceptors (Lipinski definition) is 1. The van der Waals surface area contributed by atoms with Crippen molar-refractivity contribution in [1.82, 2.24) is 9.36 Å². The molecule has 2 bridgehead atoms. The van der Waals surface area contributed by atoms with E-state index in [2.05, 4.69) is 20.8 Å². The van der Waals surface area contributed by atoms with Crippen molar-refractivity contribution in [3.63, 3.8) is 0 Å². The summed E-state index contributed by atoms with van der Waals surface area (Å²) in [5, 5.41) is 1.07. The van der Waals surface area contributed by atoms with Crippen LogP contribution in [0.1, 0.15) is 50.8 Å². The van der Waals surface area contributed by atoms with E-state index in [4.69, 9.17) is 23.2 Å². The topological polar surface area (TPSA) is 26.9 Å². The number of benzene rings is 1. The lowest BCUT2D eigenvalue weighted by molar-refractivity contribution is 0.218. The summed E-state index contributed by atoms with van der Waals surface area (Å²) in [6.07, 6.45) is 2.22. The van der Waals surface area contributed by atoms with Crippen LogP contribution in [0.25, 0.3) is 5.69 Å². The summed E-state index contributed by atoms with van der Waals surface area (Å²) < 4.78 is 3.71. The number of fused-ring (bicyclic) bond motifs is 5. The monoisotopic (exact) mass is 350 g/mol. The van der Waals surface area contributed by atoms with E-state index in [1.165, 1.54) is 5.69 Å². The third kappa shape index (κ3) is 1.65. The highest BCUT2D eigenvalue weighted by atomic mass is 35.5. The Balaban J connectivity index is 2.03. The van der Waals surface area contributed by atoms with Gasteiger partial charge < -0.3 is 0 Å². The number of hydrogen-bond donors (Lipinski definition) is 0. The van der Waals surface area contributed by atoms with Crippen molar-refractivity contribution < 1.29 is 0 Å². The van der Waals surface area contributed by atoms with Gasteiger partial charge in [-0.05, 0) is 42.4 Å². The Morgan fingerprint density at radius 2 is 1.91 bits per heavy atom. The Bertz CT molecular complexity index is 893. The van der Waals surface area contributed by atoms with Gasteiger partial charge in [-0.25, -0.2) is 4.68 Å². The minimum atomic E-state index is 0.0328. The predicted molar refractivity (Wildman–Crippen MR) is 94.1 cm³/mol. The zero-order valence-electron chi connectivity index (χ0n) is 13.8. The first-order valence-corrected chi connectivity index (χ1v) is 8.73. The van der Waals surface area contributed by atoms with Crippen molar-refractivity contribution in [3.05, 3.63) is 49.9 Å². The molecule has 1 saturated carbocycles. The molecule has 1 aromatic heterocycles. The molecule has 2 atom stereocenters. The lowest BCUT2D eigenvalue weighted by Crippen LogP contribution is -2.35. The van der Waals surface area contributed by atoms with E-state index < -0.39 is 0 Å². The van der Waals surface area contributed by atoms with E-state index in [0.717, 1.165) is 18.4 Å². The molecule has 0 spiro atoms. The molecule has 1 aromatic carbocycles. The highest BCUT2D eigenvalue weighted by molar-refractivity contribution is 6.35. The Hall–Kier alpha value is -1.19. The molecule has 2 aliphatic carbocycles. The van der Waals surface area contributed by atoms with Crippen molar-refractivity contribution in [2.75, 3.05) is 0 Å². The van der Waals surface area contributed by atoms with Gasteiger partial charge in [-0.15, -0.1) is 0 Å². The number of halogens is 2. The lowest BCUT2D eigenvalue weighted by Gasteiger charge is -2.36. The molecule has 0 amide bonds. The summed E-state index contributed by atoms with van der Waals surface area (Å²) in [4.78, 5) is 13.2. The summed E-state index contributed by atoms with van der Waals surface area (Å²) in [7, 11) is 1.97. The highest BCUT2D eigenvalue weighted by Gasteiger charge is 2.62. The van der Waals surface area contributed by atoms with Crippen LogP contribution in [0.4, 0.5) is 0 Å². The maximum absolute atomic E-state index is 13.2. The van der Waals surface area contributed by atoms with Gasteiger partial charge in [-0.2, -0.15) is 0 Å². The van der Waals surface area contributed by atoms with Crippen molar-refractivity contribution in [2.45, 2.75) is 44.9 Å². The lowest BCUT2D eigenvalue weighted by atomic mass is 9.70. The van der Waals surface area contributed by atoms with Crippen LogP contribution in [0, 0.1) is 5.41 Å². The number of nitrogens with zero attached hydrogens (tertiary/aromatic N) is 2. The van der Waals surface area contributed by atoms with Gasteiger partial charge in [0, 0.05) is 23.0 Å². The fraction of sp³-hybridized carbons (Fsp3) is 0.500. The first-order chi connectivity index (χ1) is 10.7. The van der Waals surface area contributed by atoms with Gasteiger partial charge in [-0.1, -0.05) is 44.0 Å². The molecular weight excluding hydrogens is 331 g/mol. The zero-order valence-corrected chi connectivity index (χ0v) is 15.3. The van der Waals surface area contributed by atoms with E-state index in [1.54, 1.807) is 16.8 Å². The van der Waals surface area contributed by atoms with Crippen LogP contribution in [0.3, 0.4) is 0 Å². The number of aromatic nitrogens is 2. The van der Waals surface area contributed by atoms with E-state index in [1.807, 2.05) is 17.8 Å². The molecule has 1 heterocycles. The maximum atomic E-state index is 13.2. The van der Waals surface area contributed by atoms with Gasteiger partial charge in [0.05, 0.1) is 16.4 Å². The fourth-order valence-corrected chi connectivity index (χ4v) is 5.44. The van der Waals surface area contributed by atoms with Crippen LogP contribution in [0.15, 0.2) is 23.0 Å². The smallest absolute Gasteiger partial charge is 0.275 e. The summed E-state index contributed by atoms with van der Waals surface area (Å²) in [6.45, 7) is 6.89. The average molecular weight is 351 g/mol. The molecule has 3 nitrogen and oxygen atoms in total. The van der Waals surface area contributed by atoms with E-state index >= 15 is 0 Å². The quantitative estimate of drug-likeness (QED) is 0.734. The summed E-state index contributed by atoms with van der Waals surface area (Å²) in [6, 6.07) is 5.27. The molecule has 0 aliphatic heterocycles. The first kappa shape index (κ1) is 15.3. The van der Waals surface area contributed by atoms with Gasteiger partial charge >= 0.3 is 0 Å². The standard InChI is InChI=1S/C18H20Cl2N2O/c1-17(2)11-7-8-18(17,3)15-14(11)16(23)22(21(15)4)13-6-5-10(19)9-12(13)20/h5-6,9,11H,7-8H2,1-4H3. The summed E-state index contributed by atoms with van der Waals surface area (Å²) >= 11 is 12.3. The van der Waals surface area contributed by atoms with Crippen LogP contribution >= 0.6 is 23.2 Å². The SMILES string of the molecule is Cn1c2c(c(=O)n1-c1ccc(Cl)cc1Cl)C1CCC2(C)C1(C)C. The van der Waals surface area contributed by atoms with Crippen molar-refractivity contribution in [2.24, 2.45) is 12.5 Å². The van der Waals surface area contributed by atoms with Crippen LogP contribution < -0.4 is 5.56 Å². The highest BCUT2D eigenvalue weighted by Crippen LogP contribution is 2.66. The summed E-state index contributed by atoms with van der Waals surface area (Å²) in [5.41, 5.74) is 3.07. The second-order valence-electron chi connectivity index (χ2n) is 7.64. The number of rotatable bonds is 1. The van der Waals surface area contributed by atoms with Crippen LogP contribution in [0.5, 0.6) is 0 Å². The molecule has 4 rings (SSSR count). The Kier molecular flexibility index (Phi) is 2.97. The molecule has 2 aromatic rings. The minimum Gasteiger partial charge on any atom is -0.284 e. The molecular formula is C18H20Cl2N2O. The third-order valence-electron chi connectivity index (χ3n) is 6.54. The molecule has 2 unspecified atom stereocenters. The Morgan fingerprint density at radius 1 is 1.22 bits per heavy atom. The third-order valence-corrected chi connectivity index (χ3v) is 7.07. The van der Waals surface area contributed by atoms with Gasteiger partial charge in [0.2, 0.25) is 0 Å². The van der Waals surface area contributed by atoms with Gasteiger partial charge in [0.25, 0.3) is 5.56 Å². The van der Waals surface area contributed by atoms with Crippen LogP contribution in [-0.2, 0) is 12.5 Å². The first-order valence-electron chi connectivity index (χ1n) is 7.98. The zero-order chi connectivity index (χ0) is 16.7. The molecule has 5 heteroatoms. The maximum Gasteiger partial charge on any atom is 0.275 e. The molecule has 0 saturated heterocycles. The minimum absolute atomic E-state index is 0.0328. The molecule has 2 aliphatic rings. The van der Waals surface area contributed by atoms with Gasteiger partial charge in [-0.3, -0.25) is 9.48 Å². The van der Waals surface area contributed by atoms with E-state index in [9.17, 15) is 4.79 Å². The second-order valence-corrected chi connectivity index (χ2v) is 8.49. The molecule has 0 radical (unpaired) electrons. The molecule has 0 N–H and O–H groups in total. The molecule has 23 heavy (non-hydrogen) atoms. The van der Waals surface area contributed by atoms with Crippen molar-refractivity contribution in [3.8, 4) is 5.69 Å². The van der Waals surface area contributed by atoms with E-state index in [0.29, 0.717) is 21.7 Å². The Labute approximate surface area is 145 Å². The van der Waals surface area contributed by atoms with Crippen molar-refractivity contribution in [1.29, 1.82) is 0 Å². The molecule has 122 valence electrons. The average Bonchev–Trinajstić information content (AvgIpc) is 2.92. The van der Waals surface area contributed by atoms with Gasteiger partial charge in [0.15, 0.2) is 0 Å². The van der Waals surface area contributed by atoms with Gasteiger partial charge in [0.1, 0.15) is 0 Å². The largest absolute Gasteiger partial charge is 0.284 e. The fourth-order valence-electron chi connectivity index (χ4n) is 4.95. The van der Waals surface area contributed by atoms with E-state index in [-0.39, 0.29) is 16.4 Å².